The Bertz CT molecular complexity index is 273. The van der Waals surface area contributed by atoms with Crippen molar-refractivity contribution in [3.63, 3.8) is 0 Å². The predicted octanol–water partition coefficient (Wildman–Crippen LogP) is 2.67. The lowest BCUT2D eigenvalue weighted by molar-refractivity contribution is 0.136. The molecule has 0 bridgehead atoms. The smallest absolute Gasteiger partial charge is 0.0552 e. The molecule has 0 aliphatic carbocycles. The van der Waals surface area contributed by atoms with Gasteiger partial charge in [-0.05, 0) is 25.5 Å². The molecule has 0 heterocycles. The molecule has 1 aromatic carbocycles. The highest BCUT2D eigenvalue weighted by molar-refractivity contribution is 5.14. The monoisotopic (exact) mass is 221 g/mol. The van der Waals surface area contributed by atoms with Gasteiger partial charge in [-0.3, -0.25) is 0 Å². The van der Waals surface area contributed by atoms with E-state index in [-0.39, 0.29) is 6.10 Å². The largest absolute Gasteiger partial charge is 0.393 e. The molecule has 0 aliphatic rings. The first-order chi connectivity index (χ1) is 7.72. The number of aliphatic hydroxyl groups is 1. The van der Waals surface area contributed by atoms with E-state index in [9.17, 15) is 5.11 Å². The summed E-state index contributed by atoms with van der Waals surface area (Å²) in [5.41, 5.74) is 1.33. The van der Waals surface area contributed by atoms with Crippen LogP contribution in [-0.2, 0) is 6.54 Å². The maximum atomic E-state index is 9.64. The molecule has 0 aliphatic heterocycles. The number of hydrogen-bond donors (Lipinski definition) is 1. The zero-order valence-corrected chi connectivity index (χ0v) is 10.4. The number of benzene rings is 1. The van der Waals surface area contributed by atoms with Gasteiger partial charge in [0.25, 0.3) is 0 Å². The van der Waals surface area contributed by atoms with Crippen molar-refractivity contribution in [2.75, 3.05) is 13.6 Å². The molecular weight excluding hydrogens is 198 g/mol. The Labute approximate surface area is 98.9 Å². The van der Waals surface area contributed by atoms with Gasteiger partial charge in [0, 0.05) is 13.1 Å². The molecule has 2 heteroatoms. The van der Waals surface area contributed by atoms with Gasteiger partial charge < -0.3 is 10.0 Å². The van der Waals surface area contributed by atoms with E-state index in [1.807, 2.05) is 6.07 Å². The summed E-state index contributed by atoms with van der Waals surface area (Å²) in [5, 5.41) is 9.64. The highest BCUT2D eigenvalue weighted by Gasteiger charge is 2.05. The van der Waals surface area contributed by atoms with Crippen LogP contribution in [0.15, 0.2) is 30.3 Å². The minimum absolute atomic E-state index is 0.136. The number of aliphatic hydroxyl groups excluding tert-OH is 1. The fourth-order valence-electron chi connectivity index (χ4n) is 1.82. The van der Waals surface area contributed by atoms with Crippen LogP contribution in [0.2, 0.25) is 0 Å². The third-order valence-electron chi connectivity index (χ3n) is 2.76. The molecular formula is C14H23NO. The van der Waals surface area contributed by atoms with E-state index in [0.717, 1.165) is 32.4 Å². The van der Waals surface area contributed by atoms with Crippen LogP contribution in [0.5, 0.6) is 0 Å². The van der Waals surface area contributed by atoms with Crippen molar-refractivity contribution in [3.8, 4) is 0 Å². The van der Waals surface area contributed by atoms with Crippen LogP contribution in [0.4, 0.5) is 0 Å². The van der Waals surface area contributed by atoms with E-state index in [1.54, 1.807) is 0 Å². The van der Waals surface area contributed by atoms with Gasteiger partial charge in [-0.2, -0.15) is 0 Å². The molecule has 0 unspecified atom stereocenters. The second-order valence-electron chi connectivity index (χ2n) is 4.45. The topological polar surface area (TPSA) is 23.5 Å². The molecule has 2 nitrogen and oxygen atoms in total. The molecule has 0 saturated heterocycles. The zero-order valence-electron chi connectivity index (χ0n) is 10.4. The lowest BCUT2D eigenvalue weighted by Gasteiger charge is -2.18. The molecule has 1 rings (SSSR count). The van der Waals surface area contributed by atoms with E-state index in [1.165, 1.54) is 5.56 Å². The molecule has 16 heavy (non-hydrogen) atoms. The summed E-state index contributed by atoms with van der Waals surface area (Å²) in [4.78, 5) is 2.26. The number of rotatable bonds is 7. The Hall–Kier alpha value is -0.860. The van der Waals surface area contributed by atoms with E-state index >= 15 is 0 Å². The van der Waals surface area contributed by atoms with Crippen molar-refractivity contribution in [2.24, 2.45) is 0 Å². The van der Waals surface area contributed by atoms with Crippen molar-refractivity contribution in [1.29, 1.82) is 0 Å². The van der Waals surface area contributed by atoms with Gasteiger partial charge in [-0.25, -0.2) is 0 Å². The van der Waals surface area contributed by atoms with Crippen LogP contribution < -0.4 is 0 Å². The lowest BCUT2D eigenvalue weighted by atomic mass is 10.1. The van der Waals surface area contributed by atoms with Crippen LogP contribution >= 0.6 is 0 Å². The summed E-state index contributed by atoms with van der Waals surface area (Å²) >= 11 is 0. The Morgan fingerprint density at radius 3 is 2.50 bits per heavy atom. The first kappa shape index (κ1) is 13.2. The van der Waals surface area contributed by atoms with E-state index in [0.29, 0.717) is 0 Å². The Balaban J connectivity index is 2.23. The van der Waals surface area contributed by atoms with Gasteiger partial charge in [0.05, 0.1) is 6.10 Å². The maximum absolute atomic E-state index is 9.64. The first-order valence-corrected chi connectivity index (χ1v) is 6.13. The summed E-state index contributed by atoms with van der Waals surface area (Å²) in [5.74, 6) is 0. The fourth-order valence-corrected chi connectivity index (χ4v) is 1.82. The van der Waals surface area contributed by atoms with Crippen LogP contribution in [0, 0.1) is 0 Å². The molecule has 1 aromatic rings. The van der Waals surface area contributed by atoms with E-state index in [2.05, 4.69) is 43.1 Å². The quantitative estimate of drug-likeness (QED) is 0.765. The molecule has 0 radical (unpaired) electrons. The van der Waals surface area contributed by atoms with Crippen LogP contribution in [0.25, 0.3) is 0 Å². The standard InChI is InChI=1S/C14H23NO/c1-3-7-14(16)10-11-15(2)12-13-8-5-4-6-9-13/h4-6,8-9,14,16H,3,7,10-12H2,1-2H3/t14-/m0/s1. The van der Waals surface area contributed by atoms with Crippen molar-refractivity contribution in [3.05, 3.63) is 35.9 Å². The van der Waals surface area contributed by atoms with Crippen molar-refractivity contribution in [2.45, 2.75) is 38.8 Å². The summed E-state index contributed by atoms with van der Waals surface area (Å²) in [6.07, 6.45) is 2.71. The molecule has 0 amide bonds. The zero-order chi connectivity index (χ0) is 11.8. The molecule has 0 saturated carbocycles. The second-order valence-corrected chi connectivity index (χ2v) is 4.45. The van der Waals surface area contributed by atoms with E-state index < -0.39 is 0 Å². The Morgan fingerprint density at radius 2 is 1.88 bits per heavy atom. The SMILES string of the molecule is CCC[C@H](O)CCN(C)Cc1ccccc1. The average molecular weight is 221 g/mol. The van der Waals surface area contributed by atoms with Gasteiger partial charge in [0.15, 0.2) is 0 Å². The summed E-state index contributed by atoms with van der Waals surface area (Å²) in [6.45, 7) is 4.02. The van der Waals surface area contributed by atoms with Gasteiger partial charge in [0.1, 0.15) is 0 Å². The Morgan fingerprint density at radius 1 is 1.19 bits per heavy atom. The van der Waals surface area contributed by atoms with Gasteiger partial charge in [0.2, 0.25) is 0 Å². The van der Waals surface area contributed by atoms with Gasteiger partial charge in [-0.15, -0.1) is 0 Å². The molecule has 0 fully saturated rings. The van der Waals surface area contributed by atoms with Crippen molar-refractivity contribution >= 4 is 0 Å². The van der Waals surface area contributed by atoms with Crippen molar-refractivity contribution in [1.82, 2.24) is 4.90 Å². The molecule has 1 atom stereocenters. The molecule has 90 valence electrons. The van der Waals surface area contributed by atoms with Crippen LogP contribution in [0.3, 0.4) is 0 Å². The van der Waals surface area contributed by atoms with Crippen molar-refractivity contribution < 1.29 is 5.11 Å². The summed E-state index contributed by atoms with van der Waals surface area (Å²) < 4.78 is 0. The molecule has 0 spiro atoms. The highest BCUT2D eigenvalue weighted by atomic mass is 16.3. The average Bonchev–Trinajstić information content (AvgIpc) is 2.28. The first-order valence-electron chi connectivity index (χ1n) is 6.13. The number of hydrogen-bond acceptors (Lipinski definition) is 2. The van der Waals surface area contributed by atoms with Gasteiger partial charge >= 0.3 is 0 Å². The molecule has 1 N–H and O–H groups in total. The third-order valence-corrected chi connectivity index (χ3v) is 2.76. The minimum atomic E-state index is -0.136. The maximum Gasteiger partial charge on any atom is 0.0552 e. The second kappa shape index (κ2) is 7.42. The predicted molar refractivity (Wildman–Crippen MR) is 68.3 cm³/mol. The molecule has 0 aromatic heterocycles. The Kier molecular flexibility index (Phi) is 6.12. The minimum Gasteiger partial charge on any atom is -0.393 e. The fraction of sp³-hybridized carbons (Fsp3) is 0.571. The van der Waals surface area contributed by atoms with Gasteiger partial charge in [-0.1, -0.05) is 43.7 Å². The van der Waals surface area contributed by atoms with E-state index in [4.69, 9.17) is 0 Å². The normalized spacial score (nSPS) is 13.0. The van der Waals surface area contributed by atoms with Crippen LogP contribution in [0.1, 0.15) is 31.7 Å². The van der Waals surface area contributed by atoms with Crippen LogP contribution in [-0.4, -0.2) is 29.7 Å². The lowest BCUT2D eigenvalue weighted by Crippen LogP contribution is -2.23. The summed E-state index contributed by atoms with van der Waals surface area (Å²) in [6, 6.07) is 10.4. The number of nitrogens with zero attached hydrogens (tertiary/aromatic N) is 1. The third kappa shape index (κ3) is 5.29. The summed E-state index contributed by atoms with van der Waals surface area (Å²) in [7, 11) is 2.10. The highest BCUT2D eigenvalue weighted by Crippen LogP contribution is 2.06.